The summed E-state index contributed by atoms with van der Waals surface area (Å²) in [5.41, 5.74) is 1.39. The van der Waals surface area contributed by atoms with Crippen molar-refractivity contribution in [1.29, 1.82) is 0 Å². The molecule has 1 aromatic heterocycles. The fraction of sp³-hybridized carbons (Fsp3) is 0.824. The molecule has 1 aliphatic carbocycles. The van der Waals surface area contributed by atoms with Crippen LogP contribution in [-0.4, -0.2) is 24.6 Å². The van der Waals surface area contributed by atoms with Crippen LogP contribution in [0.3, 0.4) is 0 Å². The summed E-state index contributed by atoms with van der Waals surface area (Å²) in [6.45, 7) is 13.5. The number of thiazole rings is 1. The lowest BCUT2D eigenvalue weighted by atomic mass is 9.91. The van der Waals surface area contributed by atoms with Gasteiger partial charge in [-0.05, 0) is 32.2 Å². The van der Waals surface area contributed by atoms with Gasteiger partial charge in [0.05, 0.1) is 5.69 Å². The van der Waals surface area contributed by atoms with Gasteiger partial charge in [0.1, 0.15) is 0 Å². The Labute approximate surface area is 134 Å². The summed E-state index contributed by atoms with van der Waals surface area (Å²) in [7, 11) is 2.02. The van der Waals surface area contributed by atoms with Crippen molar-refractivity contribution in [2.24, 2.45) is 5.92 Å². The summed E-state index contributed by atoms with van der Waals surface area (Å²) < 4.78 is 0. The molecule has 0 amide bonds. The van der Waals surface area contributed by atoms with Gasteiger partial charge < -0.3 is 10.2 Å². The van der Waals surface area contributed by atoms with Gasteiger partial charge >= 0.3 is 0 Å². The predicted molar refractivity (Wildman–Crippen MR) is 93.4 cm³/mol. The molecule has 0 aromatic carbocycles. The Hall–Kier alpha value is -0.610. The molecule has 120 valence electrons. The maximum atomic E-state index is 5.04. The molecule has 2 rings (SSSR count). The van der Waals surface area contributed by atoms with Gasteiger partial charge in [0.2, 0.25) is 0 Å². The zero-order chi connectivity index (χ0) is 15.6. The Kier molecular flexibility index (Phi) is 5.31. The van der Waals surface area contributed by atoms with Gasteiger partial charge in [-0.2, -0.15) is 0 Å². The van der Waals surface area contributed by atoms with Crippen LogP contribution in [0.1, 0.15) is 64.5 Å². The molecule has 0 unspecified atom stereocenters. The summed E-state index contributed by atoms with van der Waals surface area (Å²) in [6, 6.07) is 0.741. The molecule has 21 heavy (non-hydrogen) atoms. The second-order valence-corrected chi connectivity index (χ2v) is 8.72. The first-order valence-electron chi connectivity index (χ1n) is 8.24. The first-order valence-corrected chi connectivity index (χ1v) is 9.06. The van der Waals surface area contributed by atoms with Crippen molar-refractivity contribution < 1.29 is 0 Å². The topological polar surface area (TPSA) is 28.2 Å². The van der Waals surface area contributed by atoms with E-state index in [2.05, 4.69) is 44.8 Å². The molecule has 1 N–H and O–H groups in total. The Bertz CT molecular complexity index is 455. The molecule has 3 nitrogen and oxygen atoms in total. The molecule has 1 heterocycles. The van der Waals surface area contributed by atoms with E-state index in [9.17, 15) is 0 Å². The molecular formula is C17H31N3S. The number of rotatable bonds is 7. The van der Waals surface area contributed by atoms with Crippen molar-refractivity contribution in [1.82, 2.24) is 10.3 Å². The second kappa shape index (κ2) is 6.66. The van der Waals surface area contributed by atoms with Gasteiger partial charge in [0.15, 0.2) is 5.13 Å². The highest BCUT2D eigenvalue weighted by Gasteiger charge is 2.32. The maximum Gasteiger partial charge on any atom is 0.186 e. The van der Waals surface area contributed by atoms with Crippen molar-refractivity contribution in [3.63, 3.8) is 0 Å². The molecule has 0 atom stereocenters. The maximum absolute atomic E-state index is 5.04. The average molecular weight is 310 g/mol. The minimum absolute atomic E-state index is 0.119. The van der Waals surface area contributed by atoms with E-state index in [0.29, 0.717) is 0 Å². The monoisotopic (exact) mass is 309 g/mol. The van der Waals surface area contributed by atoms with Crippen LogP contribution in [0.25, 0.3) is 0 Å². The summed E-state index contributed by atoms with van der Waals surface area (Å²) >= 11 is 1.89. The predicted octanol–water partition coefficient (Wildman–Crippen LogP) is 4.17. The molecule has 4 heteroatoms. The van der Waals surface area contributed by atoms with E-state index in [1.807, 2.05) is 18.4 Å². The van der Waals surface area contributed by atoms with Crippen LogP contribution in [0.4, 0.5) is 5.13 Å². The summed E-state index contributed by atoms with van der Waals surface area (Å²) in [5, 5.41) is 4.54. The zero-order valence-electron chi connectivity index (χ0n) is 14.5. The highest BCUT2D eigenvalue weighted by Crippen LogP contribution is 2.38. The van der Waals surface area contributed by atoms with Crippen LogP contribution in [0.15, 0.2) is 0 Å². The quantitative estimate of drug-likeness (QED) is 0.819. The lowest BCUT2D eigenvalue weighted by molar-refractivity contribution is 0.555. The fourth-order valence-electron chi connectivity index (χ4n) is 2.55. The van der Waals surface area contributed by atoms with E-state index < -0.39 is 0 Å². The third-order valence-corrected chi connectivity index (χ3v) is 5.01. The molecule has 1 aliphatic rings. The SMILES string of the molecule is CNCc1sc(N(CCC(C)C)C2CC2)nc1C(C)(C)C. The number of nitrogens with zero attached hydrogens (tertiary/aromatic N) is 2. The second-order valence-electron chi connectivity index (χ2n) is 7.66. The first kappa shape index (κ1) is 16.8. The Morgan fingerprint density at radius 3 is 2.48 bits per heavy atom. The van der Waals surface area contributed by atoms with Gasteiger partial charge in [-0.1, -0.05) is 34.6 Å². The normalized spacial score (nSPS) is 15.8. The van der Waals surface area contributed by atoms with Crippen molar-refractivity contribution in [2.45, 2.75) is 71.9 Å². The summed E-state index contributed by atoms with van der Waals surface area (Å²) in [5.74, 6) is 0.755. The highest BCUT2D eigenvalue weighted by atomic mass is 32.1. The van der Waals surface area contributed by atoms with Crippen LogP contribution in [-0.2, 0) is 12.0 Å². The standard InChI is InChI=1S/C17H31N3S/c1-12(2)9-10-20(13-7-8-13)16-19-15(17(3,4)5)14(21-16)11-18-6/h12-13,18H,7-11H2,1-6H3. The third-order valence-electron chi connectivity index (χ3n) is 3.91. The number of anilines is 1. The van der Waals surface area contributed by atoms with Gasteiger partial charge in [0.25, 0.3) is 0 Å². The lowest BCUT2D eigenvalue weighted by Crippen LogP contribution is -2.27. The molecule has 1 fully saturated rings. The van der Waals surface area contributed by atoms with E-state index in [4.69, 9.17) is 4.98 Å². The van der Waals surface area contributed by atoms with Gasteiger partial charge in [-0.3, -0.25) is 0 Å². The van der Waals surface area contributed by atoms with E-state index in [1.165, 1.54) is 35.0 Å². The van der Waals surface area contributed by atoms with E-state index >= 15 is 0 Å². The minimum atomic E-state index is 0.119. The number of nitrogens with one attached hydrogen (secondary N) is 1. The van der Waals surface area contributed by atoms with E-state index in [1.54, 1.807) is 0 Å². The van der Waals surface area contributed by atoms with E-state index in [0.717, 1.165) is 25.0 Å². The van der Waals surface area contributed by atoms with Crippen molar-refractivity contribution >= 4 is 16.5 Å². The Morgan fingerprint density at radius 1 is 1.33 bits per heavy atom. The molecule has 0 bridgehead atoms. The van der Waals surface area contributed by atoms with Crippen LogP contribution in [0.2, 0.25) is 0 Å². The summed E-state index contributed by atoms with van der Waals surface area (Å²) in [4.78, 5) is 9.01. The minimum Gasteiger partial charge on any atom is -0.345 e. The fourth-order valence-corrected chi connectivity index (χ4v) is 3.93. The molecule has 0 aliphatic heterocycles. The molecule has 0 spiro atoms. The van der Waals surface area contributed by atoms with Crippen molar-refractivity contribution in [2.75, 3.05) is 18.5 Å². The van der Waals surface area contributed by atoms with Crippen LogP contribution < -0.4 is 10.2 Å². The van der Waals surface area contributed by atoms with Gasteiger partial charge in [-0.25, -0.2) is 4.98 Å². The van der Waals surface area contributed by atoms with Crippen molar-refractivity contribution in [3.05, 3.63) is 10.6 Å². The number of hydrogen-bond donors (Lipinski definition) is 1. The zero-order valence-corrected chi connectivity index (χ0v) is 15.3. The summed E-state index contributed by atoms with van der Waals surface area (Å²) in [6.07, 6.45) is 3.93. The van der Waals surface area contributed by atoms with Crippen LogP contribution >= 0.6 is 11.3 Å². The van der Waals surface area contributed by atoms with Crippen LogP contribution in [0.5, 0.6) is 0 Å². The first-order chi connectivity index (χ1) is 9.82. The smallest absolute Gasteiger partial charge is 0.186 e. The average Bonchev–Trinajstić information content (AvgIpc) is 3.09. The van der Waals surface area contributed by atoms with Gasteiger partial charge in [0, 0.05) is 29.4 Å². The lowest BCUT2D eigenvalue weighted by Gasteiger charge is -2.23. The Balaban J connectivity index is 2.24. The number of hydrogen-bond acceptors (Lipinski definition) is 4. The highest BCUT2D eigenvalue weighted by molar-refractivity contribution is 7.15. The Morgan fingerprint density at radius 2 is 2.00 bits per heavy atom. The van der Waals surface area contributed by atoms with Crippen molar-refractivity contribution in [3.8, 4) is 0 Å². The molecular weight excluding hydrogens is 278 g/mol. The van der Waals surface area contributed by atoms with Crippen LogP contribution in [0, 0.1) is 5.92 Å². The largest absolute Gasteiger partial charge is 0.345 e. The molecule has 1 aromatic rings. The third kappa shape index (κ3) is 4.43. The number of aromatic nitrogens is 1. The van der Waals surface area contributed by atoms with E-state index in [-0.39, 0.29) is 5.41 Å². The molecule has 1 saturated carbocycles. The van der Waals surface area contributed by atoms with Gasteiger partial charge in [-0.15, -0.1) is 11.3 Å². The molecule has 0 saturated heterocycles. The molecule has 0 radical (unpaired) electrons.